The maximum absolute atomic E-state index is 4.36. The average Bonchev–Trinajstić information content (AvgIpc) is 2.81. The van der Waals surface area contributed by atoms with Gasteiger partial charge in [-0.25, -0.2) is 4.98 Å². The number of aromatic nitrogens is 2. The van der Waals surface area contributed by atoms with Crippen LogP contribution in [0.25, 0.3) is 0 Å². The van der Waals surface area contributed by atoms with E-state index in [0.717, 1.165) is 24.6 Å². The van der Waals surface area contributed by atoms with Crippen LogP contribution < -0.4 is 10.6 Å². The minimum absolute atomic E-state index is 0.675. The van der Waals surface area contributed by atoms with Crippen molar-refractivity contribution >= 4 is 11.8 Å². The molecule has 2 heterocycles. The Bertz CT molecular complexity index is 360. The fourth-order valence-corrected chi connectivity index (χ4v) is 2.12. The Morgan fingerprint density at radius 1 is 1.29 bits per heavy atom. The Morgan fingerprint density at radius 3 is 2.76 bits per heavy atom. The lowest BCUT2D eigenvalue weighted by Gasteiger charge is -2.15. The standard InChI is InChI=1S/C12H21N5/c1-10-9-11(16-12(13-2)15-10)14-5-8-17-6-3-4-7-17/h9H,3-8H2,1-2H3,(H2,13,14,15,16). The summed E-state index contributed by atoms with van der Waals surface area (Å²) in [7, 11) is 1.84. The zero-order chi connectivity index (χ0) is 12.1. The minimum Gasteiger partial charge on any atom is -0.369 e. The van der Waals surface area contributed by atoms with E-state index in [-0.39, 0.29) is 0 Å². The molecule has 0 spiro atoms. The monoisotopic (exact) mass is 235 g/mol. The Hall–Kier alpha value is -1.36. The van der Waals surface area contributed by atoms with Crippen molar-refractivity contribution in [1.82, 2.24) is 14.9 Å². The van der Waals surface area contributed by atoms with Crippen LogP contribution in [0.4, 0.5) is 11.8 Å². The normalized spacial score (nSPS) is 16.1. The number of anilines is 2. The highest BCUT2D eigenvalue weighted by molar-refractivity contribution is 5.41. The number of likely N-dealkylation sites (tertiary alicyclic amines) is 1. The molecule has 17 heavy (non-hydrogen) atoms. The van der Waals surface area contributed by atoms with E-state index in [1.807, 2.05) is 20.0 Å². The number of hydrogen-bond acceptors (Lipinski definition) is 5. The summed E-state index contributed by atoms with van der Waals surface area (Å²) in [5.41, 5.74) is 0.980. The van der Waals surface area contributed by atoms with Gasteiger partial charge in [0.05, 0.1) is 0 Å². The molecule has 1 aliphatic rings. The van der Waals surface area contributed by atoms with Crippen LogP contribution in [0.3, 0.4) is 0 Å². The van der Waals surface area contributed by atoms with Gasteiger partial charge >= 0.3 is 0 Å². The van der Waals surface area contributed by atoms with Crippen molar-refractivity contribution in [1.29, 1.82) is 0 Å². The van der Waals surface area contributed by atoms with E-state index in [9.17, 15) is 0 Å². The molecular weight excluding hydrogens is 214 g/mol. The second-order valence-corrected chi connectivity index (χ2v) is 4.44. The molecule has 2 N–H and O–H groups in total. The molecule has 0 aliphatic carbocycles. The van der Waals surface area contributed by atoms with E-state index in [1.54, 1.807) is 0 Å². The predicted octanol–water partition coefficient (Wildman–Crippen LogP) is 1.33. The number of nitrogens with zero attached hydrogens (tertiary/aromatic N) is 3. The summed E-state index contributed by atoms with van der Waals surface area (Å²) in [6, 6.07) is 1.98. The van der Waals surface area contributed by atoms with Crippen LogP contribution in [0.15, 0.2) is 6.07 Å². The highest BCUT2D eigenvalue weighted by Gasteiger charge is 2.10. The third-order valence-electron chi connectivity index (χ3n) is 3.01. The van der Waals surface area contributed by atoms with E-state index in [4.69, 9.17) is 0 Å². The van der Waals surface area contributed by atoms with Crippen molar-refractivity contribution in [2.45, 2.75) is 19.8 Å². The quantitative estimate of drug-likeness (QED) is 0.806. The molecule has 1 saturated heterocycles. The lowest BCUT2D eigenvalue weighted by atomic mass is 10.4. The predicted molar refractivity (Wildman–Crippen MR) is 70.5 cm³/mol. The van der Waals surface area contributed by atoms with Gasteiger partial charge in [0.1, 0.15) is 5.82 Å². The van der Waals surface area contributed by atoms with Crippen LogP contribution in [0.5, 0.6) is 0 Å². The van der Waals surface area contributed by atoms with Crippen LogP contribution in [0.1, 0.15) is 18.5 Å². The van der Waals surface area contributed by atoms with Gasteiger partial charge in [0.2, 0.25) is 5.95 Å². The molecule has 1 aliphatic heterocycles. The topological polar surface area (TPSA) is 53.1 Å². The molecule has 2 rings (SSSR count). The fourth-order valence-electron chi connectivity index (χ4n) is 2.12. The zero-order valence-corrected chi connectivity index (χ0v) is 10.7. The Balaban J connectivity index is 1.83. The molecule has 0 atom stereocenters. The summed E-state index contributed by atoms with van der Waals surface area (Å²) in [6.07, 6.45) is 2.69. The first kappa shape index (κ1) is 12.1. The summed E-state index contributed by atoms with van der Waals surface area (Å²) < 4.78 is 0. The molecule has 0 unspecified atom stereocenters. The summed E-state index contributed by atoms with van der Waals surface area (Å²) in [4.78, 5) is 11.1. The van der Waals surface area contributed by atoms with E-state index in [1.165, 1.54) is 25.9 Å². The first-order valence-electron chi connectivity index (χ1n) is 6.27. The lowest BCUT2D eigenvalue weighted by Crippen LogP contribution is -2.26. The molecule has 0 radical (unpaired) electrons. The van der Waals surface area contributed by atoms with E-state index >= 15 is 0 Å². The minimum atomic E-state index is 0.675. The molecule has 5 heteroatoms. The first-order chi connectivity index (χ1) is 8.28. The lowest BCUT2D eigenvalue weighted by molar-refractivity contribution is 0.352. The number of aryl methyl sites for hydroxylation is 1. The summed E-state index contributed by atoms with van der Waals surface area (Å²) in [5, 5.41) is 6.32. The molecule has 5 nitrogen and oxygen atoms in total. The van der Waals surface area contributed by atoms with Gasteiger partial charge in [-0.15, -0.1) is 0 Å². The van der Waals surface area contributed by atoms with Crippen molar-refractivity contribution in [2.75, 3.05) is 43.9 Å². The first-order valence-corrected chi connectivity index (χ1v) is 6.27. The molecule has 0 amide bonds. The third-order valence-corrected chi connectivity index (χ3v) is 3.01. The molecule has 94 valence electrons. The van der Waals surface area contributed by atoms with Crippen molar-refractivity contribution < 1.29 is 0 Å². The van der Waals surface area contributed by atoms with Gasteiger partial charge in [0, 0.05) is 31.9 Å². The smallest absolute Gasteiger partial charge is 0.224 e. The van der Waals surface area contributed by atoms with Crippen LogP contribution in [-0.4, -0.2) is 48.1 Å². The van der Waals surface area contributed by atoms with Crippen LogP contribution in [0, 0.1) is 6.92 Å². The van der Waals surface area contributed by atoms with Crippen molar-refractivity contribution in [3.63, 3.8) is 0 Å². The maximum Gasteiger partial charge on any atom is 0.224 e. The second kappa shape index (κ2) is 5.82. The van der Waals surface area contributed by atoms with Crippen molar-refractivity contribution in [3.05, 3.63) is 11.8 Å². The van der Waals surface area contributed by atoms with E-state index in [2.05, 4.69) is 25.5 Å². The van der Waals surface area contributed by atoms with Gasteiger partial charge in [-0.3, -0.25) is 0 Å². The summed E-state index contributed by atoms with van der Waals surface area (Å²) >= 11 is 0. The van der Waals surface area contributed by atoms with Gasteiger partial charge in [-0.1, -0.05) is 0 Å². The highest BCUT2D eigenvalue weighted by Crippen LogP contribution is 2.10. The Morgan fingerprint density at radius 2 is 2.06 bits per heavy atom. The van der Waals surface area contributed by atoms with Crippen LogP contribution in [0.2, 0.25) is 0 Å². The second-order valence-electron chi connectivity index (χ2n) is 4.44. The summed E-state index contributed by atoms with van der Waals surface area (Å²) in [6.45, 7) is 6.50. The van der Waals surface area contributed by atoms with Gasteiger partial charge in [0.15, 0.2) is 0 Å². The molecule has 1 aromatic rings. The van der Waals surface area contributed by atoms with Gasteiger partial charge < -0.3 is 15.5 Å². The molecule has 1 aromatic heterocycles. The number of nitrogens with one attached hydrogen (secondary N) is 2. The van der Waals surface area contributed by atoms with Gasteiger partial charge in [-0.05, 0) is 32.9 Å². The van der Waals surface area contributed by atoms with Gasteiger partial charge in [-0.2, -0.15) is 4.98 Å². The molecule has 0 saturated carbocycles. The number of rotatable bonds is 5. The average molecular weight is 235 g/mol. The number of hydrogen-bond donors (Lipinski definition) is 2. The van der Waals surface area contributed by atoms with E-state index < -0.39 is 0 Å². The molecular formula is C12H21N5. The maximum atomic E-state index is 4.36. The van der Waals surface area contributed by atoms with Gasteiger partial charge in [0.25, 0.3) is 0 Å². The molecule has 0 bridgehead atoms. The third kappa shape index (κ3) is 3.56. The molecule has 1 fully saturated rings. The van der Waals surface area contributed by atoms with E-state index in [0.29, 0.717) is 5.95 Å². The fraction of sp³-hybridized carbons (Fsp3) is 0.667. The van der Waals surface area contributed by atoms with Crippen LogP contribution in [-0.2, 0) is 0 Å². The van der Waals surface area contributed by atoms with Crippen LogP contribution >= 0.6 is 0 Å². The van der Waals surface area contributed by atoms with Crippen molar-refractivity contribution in [2.24, 2.45) is 0 Å². The molecule has 0 aromatic carbocycles. The zero-order valence-electron chi connectivity index (χ0n) is 10.7. The SMILES string of the molecule is CNc1nc(C)cc(NCCN2CCCC2)n1. The Kier molecular flexibility index (Phi) is 4.14. The largest absolute Gasteiger partial charge is 0.369 e. The van der Waals surface area contributed by atoms with Crippen molar-refractivity contribution in [3.8, 4) is 0 Å². The highest BCUT2D eigenvalue weighted by atomic mass is 15.2. The Labute approximate surface area is 103 Å². The summed E-state index contributed by atoms with van der Waals surface area (Å²) in [5.74, 6) is 1.58.